The first kappa shape index (κ1) is 11.8. The van der Waals surface area contributed by atoms with Gasteiger partial charge in [-0.15, -0.1) is 0 Å². The number of nitrogens with one attached hydrogen (secondary N) is 1. The number of rotatable bonds is 2. The van der Waals surface area contributed by atoms with Crippen molar-refractivity contribution in [2.75, 3.05) is 0 Å². The molecule has 0 saturated carbocycles. The maximum Gasteiger partial charge on any atom is 0.0700 e. The van der Waals surface area contributed by atoms with Crippen molar-refractivity contribution in [1.29, 1.82) is 0 Å². The molecule has 1 aromatic carbocycles. The molecule has 0 amide bonds. The predicted molar refractivity (Wildman–Crippen MR) is 74.1 cm³/mol. The van der Waals surface area contributed by atoms with E-state index in [-0.39, 0.29) is 0 Å². The van der Waals surface area contributed by atoms with E-state index in [2.05, 4.69) is 22.3 Å². The zero-order valence-electron chi connectivity index (χ0n) is 10.4. The Bertz CT molecular complexity index is 528. The number of aromatic nitrogens is 2. The first-order chi connectivity index (χ1) is 8.83. The molecular weight excluding hydrogens is 244 g/mol. The van der Waals surface area contributed by atoms with Crippen molar-refractivity contribution in [3.63, 3.8) is 0 Å². The lowest BCUT2D eigenvalue weighted by Crippen LogP contribution is -1.95. The minimum Gasteiger partial charge on any atom is -0.282 e. The van der Waals surface area contributed by atoms with Crippen molar-refractivity contribution in [3.05, 3.63) is 51.8 Å². The van der Waals surface area contributed by atoms with Crippen LogP contribution >= 0.6 is 11.6 Å². The maximum atomic E-state index is 5.91. The number of aromatic amines is 1. The standard InChI is InChI=1S/C15H17ClN2/c16-12-8-6-11(7-9-12)10-15-13-4-2-1-3-5-14(13)17-18-15/h6-9H,1-5,10H2,(H,17,18). The average molecular weight is 261 g/mol. The fourth-order valence-corrected chi connectivity index (χ4v) is 2.79. The highest BCUT2D eigenvalue weighted by molar-refractivity contribution is 6.30. The Hall–Kier alpha value is -1.28. The smallest absolute Gasteiger partial charge is 0.0700 e. The summed E-state index contributed by atoms with van der Waals surface area (Å²) in [6.07, 6.45) is 7.15. The summed E-state index contributed by atoms with van der Waals surface area (Å²) in [5.41, 5.74) is 5.31. The molecule has 3 rings (SSSR count). The minimum atomic E-state index is 0.791. The summed E-state index contributed by atoms with van der Waals surface area (Å²) in [5.74, 6) is 0. The molecule has 1 heterocycles. The van der Waals surface area contributed by atoms with Crippen molar-refractivity contribution in [3.8, 4) is 0 Å². The van der Waals surface area contributed by atoms with E-state index < -0.39 is 0 Å². The number of H-pyrrole nitrogens is 1. The fourth-order valence-electron chi connectivity index (χ4n) is 2.67. The van der Waals surface area contributed by atoms with Gasteiger partial charge in [0.15, 0.2) is 0 Å². The number of aryl methyl sites for hydroxylation is 1. The van der Waals surface area contributed by atoms with Crippen LogP contribution in [-0.2, 0) is 19.3 Å². The molecule has 2 nitrogen and oxygen atoms in total. The molecule has 2 aromatic rings. The van der Waals surface area contributed by atoms with E-state index >= 15 is 0 Å². The average Bonchev–Trinajstić information content (AvgIpc) is 2.62. The summed E-state index contributed by atoms with van der Waals surface area (Å²) in [5, 5.41) is 8.51. The lowest BCUT2D eigenvalue weighted by Gasteiger charge is -2.03. The Kier molecular flexibility index (Phi) is 3.37. The van der Waals surface area contributed by atoms with Crippen LogP contribution in [0.5, 0.6) is 0 Å². The molecule has 18 heavy (non-hydrogen) atoms. The lowest BCUT2D eigenvalue weighted by molar-refractivity contribution is 0.699. The predicted octanol–water partition coefficient (Wildman–Crippen LogP) is 3.92. The molecule has 3 heteroatoms. The van der Waals surface area contributed by atoms with Crippen molar-refractivity contribution < 1.29 is 0 Å². The van der Waals surface area contributed by atoms with Gasteiger partial charge in [-0.1, -0.05) is 30.2 Å². The largest absolute Gasteiger partial charge is 0.282 e. The number of hydrogen-bond acceptors (Lipinski definition) is 1. The van der Waals surface area contributed by atoms with E-state index in [0.717, 1.165) is 17.9 Å². The first-order valence-electron chi connectivity index (χ1n) is 6.62. The van der Waals surface area contributed by atoms with Crippen LogP contribution in [0.2, 0.25) is 5.02 Å². The van der Waals surface area contributed by atoms with Crippen molar-refractivity contribution in [1.82, 2.24) is 10.2 Å². The van der Waals surface area contributed by atoms with E-state index in [1.54, 1.807) is 0 Å². The number of fused-ring (bicyclic) bond motifs is 1. The van der Waals surface area contributed by atoms with Crippen LogP contribution in [0.25, 0.3) is 0 Å². The Balaban J connectivity index is 1.84. The van der Waals surface area contributed by atoms with Crippen molar-refractivity contribution >= 4 is 11.6 Å². The monoisotopic (exact) mass is 260 g/mol. The van der Waals surface area contributed by atoms with Gasteiger partial charge in [-0.3, -0.25) is 5.10 Å². The first-order valence-corrected chi connectivity index (χ1v) is 7.00. The summed E-state index contributed by atoms with van der Waals surface area (Å²) in [6, 6.07) is 8.06. The molecule has 94 valence electrons. The van der Waals surface area contributed by atoms with Crippen LogP contribution < -0.4 is 0 Å². The third-order valence-corrected chi connectivity index (χ3v) is 3.93. The highest BCUT2D eigenvalue weighted by Crippen LogP contribution is 2.23. The Morgan fingerprint density at radius 1 is 1.06 bits per heavy atom. The van der Waals surface area contributed by atoms with Crippen LogP contribution in [0.1, 0.15) is 41.8 Å². The summed E-state index contributed by atoms with van der Waals surface area (Å²) in [6.45, 7) is 0. The Morgan fingerprint density at radius 3 is 2.67 bits per heavy atom. The molecule has 0 spiro atoms. The van der Waals surface area contributed by atoms with Gasteiger partial charge in [0.1, 0.15) is 0 Å². The molecule has 1 aliphatic carbocycles. The third-order valence-electron chi connectivity index (χ3n) is 3.68. The zero-order valence-corrected chi connectivity index (χ0v) is 11.1. The molecule has 0 atom stereocenters. The molecule has 0 fully saturated rings. The highest BCUT2D eigenvalue weighted by Gasteiger charge is 2.15. The van der Waals surface area contributed by atoms with Crippen LogP contribution in [-0.4, -0.2) is 10.2 Å². The summed E-state index contributed by atoms with van der Waals surface area (Å²) < 4.78 is 0. The number of benzene rings is 1. The van der Waals surface area contributed by atoms with Crippen molar-refractivity contribution in [2.24, 2.45) is 0 Å². The fraction of sp³-hybridized carbons (Fsp3) is 0.400. The number of halogens is 1. The summed E-state index contributed by atoms with van der Waals surface area (Å²) in [7, 11) is 0. The van der Waals surface area contributed by atoms with Crippen LogP contribution in [0.15, 0.2) is 24.3 Å². The molecule has 0 saturated heterocycles. The molecular formula is C15H17ClN2. The topological polar surface area (TPSA) is 28.7 Å². The van der Waals surface area contributed by atoms with Gasteiger partial charge in [0, 0.05) is 17.1 Å². The normalized spacial score (nSPS) is 15.2. The maximum absolute atomic E-state index is 5.91. The van der Waals surface area contributed by atoms with E-state index in [4.69, 9.17) is 11.6 Å². The Labute approximate surface area is 112 Å². The number of hydrogen-bond donors (Lipinski definition) is 1. The van der Waals surface area contributed by atoms with Gasteiger partial charge in [-0.25, -0.2) is 0 Å². The molecule has 1 aliphatic rings. The second-order valence-electron chi connectivity index (χ2n) is 4.99. The number of nitrogens with zero attached hydrogens (tertiary/aromatic N) is 1. The van der Waals surface area contributed by atoms with Gasteiger partial charge in [0.25, 0.3) is 0 Å². The van der Waals surface area contributed by atoms with Gasteiger partial charge in [0.2, 0.25) is 0 Å². The molecule has 0 aliphatic heterocycles. The summed E-state index contributed by atoms with van der Waals surface area (Å²) in [4.78, 5) is 0. The van der Waals surface area contributed by atoms with Crippen molar-refractivity contribution in [2.45, 2.75) is 38.5 Å². The van der Waals surface area contributed by atoms with Gasteiger partial charge >= 0.3 is 0 Å². The second kappa shape index (κ2) is 5.15. The minimum absolute atomic E-state index is 0.791. The van der Waals surface area contributed by atoms with E-state index in [0.29, 0.717) is 0 Å². The molecule has 1 N–H and O–H groups in total. The van der Waals surface area contributed by atoms with Gasteiger partial charge in [0.05, 0.1) is 5.69 Å². The molecule has 0 unspecified atom stereocenters. The van der Waals surface area contributed by atoms with Gasteiger partial charge in [-0.2, -0.15) is 5.10 Å². The zero-order chi connectivity index (χ0) is 12.4. The Morgan fingerprint density at radius 2 is 1.83 bits per heavy atom. The van der Waals surface area contributed by atoms with Gasteiger partial charge in [-0.05, 0) is 48.9 Å². The van der Waals surface area contributed by atoms with Crippen LogP contribution in [0.3, 0.4) is 0 Å². The SMILES string of the molecule is Clc1ccc(Cc2n[nH]c3c2CCCCC3)cc1. The van der Waals surface area contributed by atoms with E-state index in [1.165, 1.54) is 48.2 Å². The van der Waals surface area contributed by atoms with Gasteiger partial charge < -0.3 is 0 Å². The quantitative estimate of drug-likeness (QED) is 0.815. The highest BCUT2D eigenvalue weighted by atomic mass is 35.5. The van der Waals surface area contributed by atoms with Crippen LogP contribution in [0.4, 0.5) is 0 Å². The third kappa shape index (κ3) is 2.44. The molecule has 0 radical (unpaired) electrons. The molecule has 1 aromatic heterocycles. The van der Waals surface area contributed by atoms with Crippen LogP contribution in [0, 0.1) is 0 Å². The second-order valence-corrected chi connectivity index (χ2v) is 5.43. The lowest BCUT2D eigenvalue weighted by atomic mass is 10.0. The summed E-state index contributed by atoms with van der Waals surface area (Å²) >= 11 is 5.91. The molecule has 0 bridgehead atoms. The van der Waals surface area contributed by atoms with E-state index in [9.17, 15) is 0 Å². The van der Waals surface area contributed by atoms with E-state index in [1.807, 2.05) is 12.1 Å².